The molecule has 0 saturated carbocycles. The van der Waals surface area contributed by atoms with Gasteiger partial charge in [0.15, 0.2) is 0 Å². The zero-order valence-electron chi connectivity index (χ0n) is 6.79. The van der Waals surface area contributed by atoms with Crippen LogP contribution in [0.15, 0.2) is 12.3 Å². The van der Waals surface area contributed by atoms with Crippen LogP contribution < -0.4 is 10.5 Å². The van der Waals surface area contributed by atoms with E-state index in [2.05, 4.69) is 4.98 Å². The van der Waals surface area contributed by atoms with Crippen LogP contribution in [-0.4, -0.2) is 12.1 Å². The molecule has 0 saturated heterocycles. The van der Waals surface area contributed by atoms with Crippen LogP contribution in [0, 0.1) is 6.92 Å². The number of hydrogen-bond donors (Lipinski definition) is 1. The first-order valence-electron chi connectivity index (χ1n) is 3.47. The molecule has 1 aromatic heterocycles. The number of aryl methyl sites for hydroxylation is 1. The molecule has 60 valence electrons. The summed E-state index contributed by atoms with van der Waals surface area (Å²) >= 11 is 0. The van der Waals surface area contributed by atoms with Crippen LogP contribution in [-0.2, 0) is 6.54 Å². The lowest BCUT2D eigenvalue weighted by Crippen LogP contribution is -1.99. The zero-order chi connectivity index (χ0) is 8.27. The summed E-state index contributed by atoms with van der Waals surface area (Å²) in [6.07, 6.45) is 1.73. The normalized spacial score (nSPS) is 9.73. The number of pyridine rings is 1. The predicted octanol–water partition coefficient (Wildman–Crippen LogP) is 0.857. The molecule has 0 aliphatic carbocycles. The Bertz CT molecular complexity index is 248. The predicted molar refractivity (Wildman–Crippen MR) is 43.4 cm³/mol. The summed E-state index contributed by atoms with van der Waals surface area (Å²) in [6.45, 7) is 2.48. The highest BCUT2D eigenvalue weighted by atomic mass is 16.5. The third-order valence-electron chi connectivity index (χ3n) is 1.52. The minimum Gasteiger partial charge on any atom is -0.481 e. The van der Waals surface area contributed by atoms with Gasteiger partial charge in [-0.1, -0.05) is 0 Å². The maximum atomic E-state index is 5.43. The molecule has 0 unspecified atom stereocenters. The molecule has 0 spiro atoms. The van der Waals surface area contributed by atoms with Crippen LogP contribution >= 0.6 is 0 Å². The lowest BCUT2D eigenvalue weighted by Gasteiger charge is -2.03. The smallest absolute Gasteiger partial charge is 0.215 e. The van der Waals surface area contributed by atoms with Gasteiger partial charge in [-0.3, -0.25) is 0 Å². The molecule has 0 radical (unpaired) electrons. The molecule has 1 rings (SSSR count). The third kappa shape index (κ3) is 1.68. The minimum absolute atomic E-state index is 0.526. The summed E-state index contributed by atoms with van der Waals surface area (Å²) in [6, 6.07) is 1.98. The fraction of sp³-hybridized carbons (Fsp3) is 0.375. The first-order chi connectivity index (χ1) is 5.27. The molecule has 0 aromatic carbocycles. The van der Waals surface area contributed by atoms with Crippen molar-refractivity contribution in [3.63, 3.8) is 0 Å². The molecule has 1 heterocycles. The topological polar surface area (TPSA) is 48.1 Å². The number of ether oxygens (including phenoxy) is 1. The summed E-state index contributed by atoms with van der Waals surface area (Å²) < 4.78 is 4.99. The van der Waals surface area contributed by atoms with Gasteiger partial charge in [-0.2, -0.15) is 0 Å². The van der Waals surface area contributed by atoms with E-state index in [1.165, 1.54) is 0 Å². The fourth-order valence-corrected chi connectivity index (χ4v) is 0.946. The first-order valence-corrected chi connectivity index (χ1v) is 3.47. The summed E-state index contributed by atoms with van der Waals surface area (Å²) in [5.41, 5.74) is 7.48. The van der Waals surface area contributed by atoms with E-state index >= 15 is 0 Å². The second-order valence-electron chi connectivity index (χ2n) is 2.37. The first kappa shape index (κ1) is 8.01. The van der Waals surface area contributed by atoms with Gasteiger partial charge in [0.25, 0.3) is 0 Å². The van der Waals surface area contributed by atoms with E-state index in [0.717, 1.165) is 11.1 Å². The van der Waals surface area contributed by atoms with E-state index in [1.54, 1.807) is 13.3 Å². The van der Waals surface area contributed by atoms with Crippen molar-refractivity contribution in [1.29, 1.82) is 0 Å². The molecule has 0 amide bonds. The Morgan fingerprint density at radius 1 is 1.64 bits per heavy atom. The second-order valence-corrected chi connectivity index (χ2v) is 2.37. The summed E-state index contributed by atoms with van der Waals surface area (Å²) in [4.78, 5) is 4.07. The van der Waals surface area contributed by atoms with Crippen LogP contribution in [0.25, 0.3) is 0 Å². The van der Waals surface area contributed by atoms with Crippen molar-refractivity contribution in [2.45, 2.75) is 13.5 Å². The molecular weight excluding hydrogens is 140 g/mol. The molecule has 0 atom stereocenters. The number of methoxy groups -OCH3 is 1. The monoisotopic (exact) mass is 152 g/mol. The van der Waals surface area contributed by atoms with Gasteiger partial charge in [0, 0.05) is 18.3 Å². The largest absolute Gasteiger partial charge is 0.481 e. The Morgan fingerprint density at radius 2 is 2.36 bits per heavy atom. The summed E-state index contributed by atoms with van der Waals surface area (Å²) in [5.74, 6) is 0.669. The van der Waals surface area contributed by atoms with Gasteiger partial charge in [0.1, 0.15) is 0 Å². The average molecular weight is 152 g/mol. The van der Waals surface area contributed by atoms with Gasteiger partial charge in [-0.15, -0.1) is 0 Å². The van der Waals surface area contributed by atoms with E-state index in [9.17, 15) is 0 Å². The van der Waals surface area contributed by atoms with Crippen LogP contribution in [0.2, 0.25) is 0 Å². The van der Waals surface area contributed by atoms with Crippen molar-refractivity contribution in [1.82, 2.24) is 4.98 Å². The molecule has 0 bridgehead atoms. The van der Waals surface area contributed by atoms with E-state index < -0.39 is 0 Å². The van der Waals surface area contributed by atoms with Gasteiger partial charge in [0.05, 0.1) is 7.11 Å². The molecule has 0 aliphatic rings. The average Bonchev–Trinajstić information content (AvgIpc) is 2.04. The van der Waals surface area contributed by atoms with Crippen molar-refractivity contribution in [2.75, 3.05) is 7.11 Å². The van der Waals surface area contributed by atoms with Crippen LogP contribution in [0.3, 0.4) is 0 Å². The Kier molecular flexibility index (Phi) is 2.44. The van der Waals surface area contributed by atoms with Crippen LogP contribution in [0.4, 0.5) is 0 Å². The number of rotatable bonds is 2. The van der Waals surface area contributed by atoms with Crippen molar-refractivity contribution in [2.24, 2.45) is 5.73 Å². The molecule has 11 heavy (non-hydrogen) atoms. The van der Waals surface area contributed by atoms with Crippen molar-refractivity contribution >= 4 is 0 Å². The Labute approximate surface area is 66.2 Å². The molecule has 3 heteroatoms. The van der Waals surface area contributed by atoms with E-state index in [-0.39, 0.29) is 0 Å². The third-order valence-corrected chi connectivity index (χ3v) is 1.52. The van der Waals surface area contributed by atoms with Crippen LogP contribution in [0.1, 0.15) is 11.1 Å². The summed E-state index contributed by atoms with van der Waals surface area (Å²) in [5, 5.41) is 0. The van der Waals surface area contributed by atoms with E-state index in [1.807, 2.05) is 13.0 Å². The van der Waals surface area contributed by atoms with Crippen molar-refractivity contribution < 1.29 is 4.74 Å². The number of nitrogens with zero attached hydrogens (tertiary/aromatic N) is 1. The Morgan fingerprint density at radius 3 is 2.82 bits per heavy atom. The van der Waals surface area contributed by atoms with E-state index in [4.69, 9.17) is 10.5 Å². The number of nitrogens with two attached hydrogens (primary N) is 1. The molecule has 3 nitrogen and oxygen atoms in total. The summed E-state index contributed by atoms with van der Waals surface area (Å²) in [7, 11) is 1.61. The molecule has 2 N–H and O–H groups in total. The molecular formula is C8H12N2O. The van der Waals surface area contributed by atoms with Gasteiger partial charge in [-0.05, 0) is 18.6 Å². The minimum atomic E-state index is 0.526. The quantitative estimate of drug-likeness (QED) is 0.683. The van der Waals surface area contributed by atoms with Gasteiger partial charge in [-0.25, -0.2) is 4.98 Å². The highest BCUT2D eigenvalue weighted by Crippen LogP contribution is 2.13. The van der Waals surface area contributed by atoms with E-state index in [0.29, 0.717) is 12.4 Å². The molecule has 1 aromatic rings. The van der Waals surface area contributed by atoms with Crippen LogP contribution in [0.5, 0.6) is 5.88 Å². The Balaban J connectivity index is 2.99. The van der Waals surface area contributed by atoms with Gasteiger partial charge >= 0.3 is 0 Å². The lowest BCUT2D eigenvalue weighted by atomic mass is 10.2. The number of aromatic nitrogens is 1. The fourth-order valence-electron chi connectivity index (χ4n) is 0.946. The SMILES string of the molecule is COc1ncc(CN)cc1C. The van der Waals surface area contributed by atoms with Gasteiger partial charge < -0.3 is 10.5 Å². The zero-order valence-corrected chi connectivity index (χ0v) is 6.79. The maximum absolute atomic E-state index is 5.43. The highest BCUT2D eigenvalue weighted by molar-refractivity contribution is 5.28. The highest BCUT2D eigenvalue weighted by Gasteiger charge is 1.98. The van der Waals surface area contributed by atoms with Crippen molar-refractivity contribution in [3.05, 3.63) is 23.4 Å². The maximum Gasteiger partial charge on any atom is 0.215 e. The lowest BCUT2D eigenvalue weighted by molar-refractivity contribution is 0.394. The standard InChI is InChI=1S/C8H12N2O/c1-6-3-7(4-9)5-10-8(6)11-2/h3,5H,4,9H2,1-2H3. The Hall–Kier alpha value is -1.09. The van der Waals surface area contributed by atoms with Gasteiger partial charge in [0.2, 0.25) is 5.88 Å². The number of hydrogen-bond acceptors (Lipinski definition) is 3. The second kappa shape index (κ2) is 3.34. The molecule has 0 aliphatic heterocycles. The molecule has 0 fully saturated rings. The van der Waals surface area contributed by atoms with Crippen molar-refractivity contribution in [3.8, 4) is 5.88 Å².